The minimum Gasteiger partial charge on any atom is -0.392 e. The molecule has 2 heteroatoms. The second-order valence-corrected chi connectivity index (χ2v) is 7.97. The van der Waals surface area contributed by atoms with Gasteiger partial charge < -0.3 is 5.11 Å². The van der Waals surface area contributed by atoms with Gasteiger partial charge in [0.2, 0.25) is 0 Å². The second-order valence-electron chi connectivity index (χ2n) is 7.97. The summed E-state index contributed by atoms with van der Waals surface area (Å²) >= 11 is 0. The second kappa shape index (κ2) is 7.00. The fraction of sp³-hybridized carbons (Fsp3) is 1.00. The highest BCUT2D eigenvalue weighted by Crippen LogP contribution is 2.51. The quantitative estimate of drug-likeness (QED) is 0.754. The van der Waals surface area contributed by atoms with Gasteiger partial charge in [0.15, 0.2) is 0 Å². The van der Waals surface area contributed by atoms with Crippen LogP contribution < -0.4 is 0 Å². The van der Waals surface area contributed by atoms with Gasteiger partial charge in [-0.3, -0.25) is 4.90 Å². The van der Waals surface area contributed by atoms with E-state index in [-0.39, 0.29) is 6.10 Å². The van der Waals surface area contributed by atoms with Crippen LogP contribution in [0.2, 0.25) is 0 Å². The molecule has 3 aliphatic rings. The molecule has 0 radical (unpaired) electrons. The minimum absolute atomic E-state index is 0.0607. The predicted molar refractivity (Wildman–Crippen MR) is 88.4 cm³/mol. The summed E-state index contributed by atoms with van der Waals surface area (Å²) in [5.41, 5.74) is 0.491. The van der Waals surface area contributed by atoms with Crippen molar-refractivity contribution in [2.24, 2.45) is 5.92 Å². The number of aliphatic hydroxyl groups excluding tert-OH is 1. The Kier molecular flexibility index (Phi) is 5.27. The van der Waals surface area contributed by atoms with E-state index in [4.69, 9.17) is 0 Å². The Bertz CT molecular complexity index is 332. The molecule has 1 spiro atoms. The fourth-order valence-corrected chi connectivity index (χ4v) is 5.64. The van der Waals surface area contributed by atoms with E-state index in [1.54, 1.807) is 0 Å². The highest BCUT2D eigenvalue weighted by atomic mass is 16.3. The average molecular weight is 293 g/mol. The molecule has 2 heterocycles. The van der Waals surface area contributed by atoms with Crippen LogP contribution in [0.1, 0.15) is 90.4 Å². The Morgan fingerprint density at radius 1 is 1.00 bits per heavy atom. The van der Waals surface area contributed by atoms with Gasteiger partial charge in [0.1, 0.15) is 0 Å². The van der Waals surface area contributed by atoms with Gasteiger partial charge in [-0.05, 0) is 50.9 Å². The van der Waals surface area contributed by atoms with Gasteiger partial charge in [-0.15, -0.1) is 0 Å². The maximum atomic E-state index is 10.2. The van der Waals surface area contributed by atoms with Gasteiger partial charge in [0.05, 0.1) is 6.10 Å². The zero-order chi connectivity index (χ0) is 14.7. The molecular weight excluding hydrogens is 258 g/mol. The highest BCUT2D eigenvalue weighted by Gasteiger charge is 2.52. The number of nitrogens with zero attached hydrogens (tertiary/aromatic N) is 1. The molecule has 0 unspecified atom stereocenters. The van der Waals surface area contributed by atoms with E-state index >= 15 is 0 Å². The predicted octanol–water partition coefficient (Wildman–Crippen LogP) is 4.50. The first-order chi connectivity index (χ1) is 10.3. The Morgan fingerprint density at radius 3 is 2.76 bits per heavy atom. The Labute approximate surface area is 131 Å². The van der Waals surface area contributed by atoms with Gasteiger partial charge in [-0.1, -0.05) is 45.4 Å². The number of hydrogen-bond donors (Lipinski definition) is 1. The number of β-amino-alcohol motifs (C(OH)–C–C–N with tert-alkyl or cyclic N) is 1. The molecule has 0 aromatic rings. The van der Waals surface area contributed by atoms with Gasteiger partial charge >= 0.3 is 0 Å². The van der Waals surface area contributed by atoms with Crippen molar-refractivity contribution in [1.82, 2.24) is 4.90 Å². The van der Waals surface area contributed by atoms with E-state index in [1.807, 2.05) is 0 Å². The zero-order valence-corrected chi connectivity index (χ0v) is 14.0. The molecule has 4 atom stereocenters. The maximum Gasteiger partial charge on any atom is 0.0668 e. The van der Waals surface area contributed by atoms with E-state index in [0.29, 0.717) is 5.54 Å². The topological polar surface area (TPSA) is 23.5 Å². The smallest absolute Gasteiger partial charge is 0.0668 e. The Hall–Kier alpha value is -0.0800. The van der Waals surface area contributed by atoms with Crippen molar-refractivity contribution in [2.45, 2.75) is 108 Å². The number of hydrogen-bond acceptors (Lipinski definition) is 2. The van der Waals surface area contributed by atoms with Gasteiger partial charge in [-0.2, -0.15) is 0 Å². The van der Waals surface area contributed by atoms with Crippen LogP contribution in [0.4, 0.5) is 0 Å². The van der Waals surface area contributed by atoms with Crippen LogP contribution in [-0.4, -0.2) is 34.2 Å². The van der Waals surface area contributed by atoms with Crippen LogP contribution in [0, 0.1) is 5.92 Å². The molecule has 1 N–H and O–H groups in total. The summed E-state index contributed by atoms with van der Waals surface area (Å²) < 4.78 is 0. The summed E-state index contributed by atoms with van der Waals surface area (Å²) in [5, 5.41) is 10.2. The summed E-state index contributed by atoms with van der Waals surface area (Å²) in [5.74, 6) is 0.936. The number of piperidine rings is 2. The van der Waals surface area contributed by atoms with Crippen molar-refractivity contribution in [3.63, 3.8) is 0 Å². The van der Waals surface area contributed by atoms with E-state index < -0.39 is 0 Å². The Morgan fingerprint density at radius 2 is 1.90 bits per heavy atom. The Balaban J connectivity index is 1.68. The van der Waals surface area contributed by atoms with Crippen LogP contribution in [0.5, 0.6) is 0 Å². The molecule has 3 rings (SSSR count). The summed E-state index contributed by atoms with van der Waals surface area (Å²) in [6, 6.07) is 0.770. The molecule has 0 aromatic heterocycles. The summed E-state index contributed by atoms with van der Waals surface area (Å²) in [4.78, 5) is 2.82. The fourth-order valence-electron chi connectivity index (χ4n) is 5.64. The third-order valence-corrected chi connectivity index (χ3v) is 6.74. The molecule has 2 nitrogen and oxygen atoms in total. The lowest BCUT2D eigenvalue weighted by Crippen LogP contribution is -2.66. The summed E-state index contributed by atoms with van der Waals surface area (Å²) in [6.07, 6.45) is 17.8. The van der Waals surface area contributed by atoms with Crippen LogP contribution in [-0.2, 0) is 0 Å². The lowest BCUT2D eigenvalue weighted by molar-refractivity contribution is -0.123. The first kappa shape index (κ1) is 15.8. The van der Waals surface area contributed by atoms with Crippen molar-refractivity contribution < 1.29 is 5.11 Å². The highest BCUT2D eigenvalue weighted by molar-refractivity contribution is 5.07. The van der Waals surface area contributed by atoms with E-state index in [0.717, 1.165) is 24.9 Å². The third kappa shape index (κ3) is 3.17. The standard InChI is InChI=1S/C19H35NO/c1-2-3-4-5-9-17-11-10-16-8-6-7-13-19(16)14-12-18(21)15-20(17)19/h16-18,21H,2-15H2,1H3/t16-,17-,18+,19-/m0/s1. The third-order valence-electron chi connectivity index (χ3n) is 6.74. The molecule has 1 aliphatic carbocycles. The molecule has 0 bridgehead atoms. The van der Waals surface area contributed by atoms with Crippen LogP contribution >= 0.6 is 0 Å². The van der Waals surface area contributed by atoms with E-state index in [1.165, 1.54) is 77.0 Å². The van der Waals surface area contributed by atoms with Crippen LogP contribution in [0.3, 0.4) is 0 Å². The average Bonchev–Trinajstić information content (AvgIpc) is 2.51. The maximum absolute atomic E-state index is 10.2. The molecular formula is C19H35NO. The van der Waals surface area contributed by atoms with Crippen molar-refractivity contribution in [3.8, 4) is 0 Å². The molecule has 2 saturated heterocycles. The number of aliphatic hydroxyl groups is 1. The zero-order valence-electron chi connectivity index (χ0n) is 14.0. The first-order valence-corrected chi connectivity index (χ1v) is 9.71. The summed E-state index contributed by atoms with van der Waals surface area (Å²) in [6.45, 7) is 3.26. The summed E-state index contributed by atoms with van der Waals surface area (Å²) in [7, 11) is 0. The first-order valence-electron chi connectivity index (χ1n) is 9.71. The lowest BCUT2D eigenvalue weighted by Gasteiger charge is -2.61. The molecule has 0 amide bonds. The van der Waals surface area contributed by atoms with Crippen molar-refractivity contribution >= 4 is 0 Å². The molecule has 21 heavy (non-hydrogen) atoms. The molecule has 0 aromatic carbocycles. The molecule has 122 valence electrons. The van der Waals surface area contributed by atoms with Crippen LogP contribution in [0.25, 0.3) is 0 Å². The van der Waals surface area contributed by atoms with Gasteiger partial charge in [-0.25, -0.2) is 0 Å². The van der Waals surface area contributed by atoms with Gasteiger partial charge in [0, 0.05) is 18.1 Å². The molecule has 1 saturated carbocycles. The lowest BCUT2D eigenvalue weighted by atomic mass is 9.62. The monoisotopic (exact) mass is 293 g/mol. The molecule has 2 aliphatic heterocycles. The number of rotatable bonds is 5. The normalized spacial score (nSPS) is 40.6. The van der Waals surface area contributed by atoms with Gasteiger partial charge in [0.25, 0.3) is 0 Å². The SMILES string of the molecule is CCCCCC[C@H]1CC[C@@H]2CCCC[C@]23CC[C@@H](O)CN13. The van der Waals surface area contributed by atoms with Crippen molar-refractivity contribution in [3.05, 3.63) is 0 Å². The largest absolute Gasteiger partial charge is 0.392 e. The van der Waals surface area contributed by atoms with Crippen molar-refractivity contribution in [2.75, 3.05) is 6.54 Å². The van der Waals surface area contributed by atoms with E-state index in [9.17, 15) is 5.11 Å². The molecule has 3 fully saturated rings. The van der Waals surface area contributed by atoms with E-state index in [2.05, 4.69) is 11.8 Å². The number of unbranched alkanes of at least 4 members (excludes halogenated alkanes) is 3. The van der Waals surface area contributed by atoms with Crippen molar-refractivity contribution in [1.29, 1.82) is 0 Å². The van der Waals surface area contributed by atoms with Crippen LogP contribution in [0.15, 0.2) is 0 Å². The minimum atomic E-state index is -0.0607.